The molecule has 2 saturated heterocycles. The molecule has 6 unspecified atom stereocenters. The van der Waals surface area contributed by atoms with E-state index < -0.39 is 30.6 Å². The number of benzene rings is 1. The average molecular weight is 672 g/mol. The monoisotopic (exact) mass is 671 g/mol. The number of pyridine rings is 1. The lowest BCUT2D eigenvalue weighted by Crippen LogP contribution is -2.40. The number of fused-ring (bicyclic) bond motifs is 1. The maximum absolute atomic E-state index is 12.7. The molecule has 0 aliphatic carbocycles. The number of anilines is 3. The Morgan fingerprint density at radius 1 is 1.12 bits per heavy atom. The van der Waals surface area contributed by atoms with Crippen LogP contribution in [0.3, 0.4) is 0 Å². The molecule has 2 aliphatic heterocycles. The smallest absolute Gasteiger partial charge is 0.319 e. The molecule has 1 aromatic carbocycles. The zero-order valence-electron chi connectivity index (χ0n) is 26.6. The molecule has 18 nitrogen and oxygen atoms in total. The number of aliphatic hydroxyl groups excluding tert-OH is 3. The first kappa shape index (κ1) is 32.3. The van der Waals surface area contributed by atoms with Gasteiger partial charge in [-0.2, -0.15) is 14.8 Å². The highest BCUT2D eigenvalue weighted by molar-refractivity contribution is 5.89. The number of aryl methyl sites for hydroxylation is 1. The number of ether oxygens (including phenoxy) is 1. The van der Waals surface area contributed by atoms with Crippen molar-refractivity contribution in [3.63, 3.8) is 0 Å². The third-order valence-corrected chi connectivity index (χ3v) is 8.54. The Morgan fingerprint density at radius 3 is 2.73 bits per heavy atom. The van der Waals surface area contributed by atoms with Crippen molar-refractivity contribution in [2.24, 2.45) is 0 Å². The van der Waals surface area contributed by atoms with E-state index in [4.69, 9.17) is 14.7 Å². The molecule has 2 amide bonds. The van der Waals surface area contributed by atoms with Gasteiger partial charge in [-0.25, -0.2) is 9.78 Å². The molecule has 7 rings (SSSR count). The Bertz CT molecular complexity index is 1870. The van der Waals surface area contributed by atoms with Gasteiger partial charge >= 0.3 is 6.03 Å². The number of hydrogen-bond donors (Lipinski definition) is 6. The van der Waals surface area contributed by atoms with Crippen molar-refractivity contribution in [1.82, 2.24) is 50.0 Å². The molecule has 0 saturated carbocycles. The zero-order chi connectivity index (χ0) is 33.9. The predicted octanol–water partition coefficient (Wildman–Crippen LogP) is 0.636. The highest BCUT2D eigenvalue weighted by Gasteiger charge is 2.47. The molecule has 0 radical (unpaired) electrons. The van der Waals surface area contributed by atoms with Crippen LogP contribution >= 0.6 is 0 Å². The van der Waals surface area contributed by atoms with Gasteiger partial charge in [0.15, 0.2) is 29.3 Å². The number of carbonyl (C=O) groups excluding carboxylic acids is 1. The standard InChI is InChI=1S/C31H37N13O5/c1-2-44-40-27(39-41-44)25-23(46)24(47)29(49-25)43-17-33-22-26(34-21(16-45)13-18-7-4-3-5-8-18)37-30(38-28(22)43)42-12-10-20(15-42)36-31(48)35-19-9-6-11-32-14-19/h3-9,11,14,17,20-21,23-25,29,45-47H,2,10,12-13,15-16H2,1H3,(H,34,37,38)(H2,35,36,48). The number of urea groups is 1. The first-order valence-corrected chi connectivity index (χ1v) is 16.1. The van der Waals surface area contributed by atoms with E-state index in [1.54, 1.807) is 29.1 Å². The maximum Gasteiger partial charge on any atom is 0.319 e. The number of tetrazole rings is 1. The second kappa shape index (κ2) is 14.0. The number of hydrogen-bond acceptors (Lipinski definition) is 14. The number of aliphatic hydroxyl groups is 3. The van der Waals surface area contributed by atoms with Gasteiger partial charge in [-0.15, -0.1) is 10.2 Å². The van der Waals surface area contributed by atoms with Gasteiger partial charge in [-0.05, 0) is 42.7 Å². The Kier molecular flexibility index (Phi) is 9.25. The lowest BCUT2D eigenvalue weighted by Gasteiger charge is -2.22. The molecular weight excluding hydrogens is 634 g/mol. The van der Waals surface area contributed by atoms with Crippen molar-refractivity contribution < 1.29 is 24.9 Å². The Balaban J connectivity index is 1.17. The van der Waals surface area contributed by atoms with Crippen molar-refractivity contribution >= 4 is 34.6 Å². The summed E-state index contributed by atoms with van der Waals surface area (Å²) < 4.78 is 7.67. The molecule has 49 heavy (non-hydrogen) atoms. The summed E-state index contributed by atoms with van der Waals surface area (Å²) in [5.74, 6) is 0.867. The van der Waals surface area contributed by atoms with Gasteiger partial charge in [0.1, 0.15) is 12.2 Å². The lowest BCUT2D eigenvalue weighted by atomic mass is 10.1. The summed E-state index contributed by atoms with van der Waals surface area (Å²) in [4.78, 5) is 34.3. The van der Waals surface area contributed by atoms with Crippen molar-refractivity contribution in [1.29, 1.82) is 0 Å². The maximum atomic E-state index is 12.7. The van der Waals surface area contributed by atoms with E-state index in [1.165, 1.54) is 11.1 Å². The molecule has 5 aromatic rings. The Morgan fingerprint density at radius 2 is 1.98 bits per heavy atom. The highest BCUT2D eigenvalue weighted by atomic mass is 16.6. The number of rotatable bonds is 11. The first-order valence-electron chi connectivity index (χ1n) is 16.1. The minimum Gasteiger partial charge on any atom is -0.394 e. The summed E-state index contributed by atoms with van der Waals surface area (Å²) in [5.41, 5.74) is 2.32. The van der Waals surface area contributed by atoms with Crippen molar-refractivity contribution in [2.75, 3.05) is 35.2 Å². The van der Waals surface area contributed by atoms with Gasteiger partial charge in [0.25, 0.3) is 0 Å². The minimum atomic E-state index is -1.37. The second-order valence-electron chi connectivity index (χ2n) is 11.9. The molecule has 2 aliphatic rings. The number of nitrogens with zero attached hydrogens (tertiary/aromatic N) is 10. The van der Waals surface area contributed by atoms with Gasteiger partial charge in [-0.3, -0.25) is 9.55 Å². The quantitative estimate of drug-likeness (QED) is 0.113. The minimum absolute atomic E-state index is 0.146. The number of amides is 2. The molecule has 256 valence electrons. The van der Waals surface area contributed by atoms with Crippen LogP contribution in [0, 0.1) is 0 Å². The summed E-state index contributed by atoms with van der Waals surface area (Å²) in [7, 11) is 0. The van der Waals surface area contributed by atoms with E-state index in [0.717, 1.165) is 5.56 Å². The summed E-state index contributed by atoms with van der Waals surface area (Å²) in [6.45, 7) is 3.13. The number of nitrogens with one attached hydrogen (secondary N) is 3. The Hall–Kier alpha value is -5.30. The zero-order valence-corrected chi connectivity index (χ0v) is 26.6. The van der Waals surface area contributed by atoms with E-state index in [0.29, 0.717) is 61.1 Å². The van der Waals surface area contributed by atoms with Crippen molar-refractivity contribution in [2.45, 2.75) is 62.9 Å². The fourth-order valence-electron chi connectivity index (χ4n) is 6.04. The highest BCUT2D eigenvalue weighted by Crippen LogP contribution is 2.39. The van der Waals surface area contributed by atoms with E-state index >= 15 is 0 Å². The third kappa shape index (κ3) is 6.84. The van der Waals surface area contributed by atoms with Crippen LogP contribution in [0.4, 0.5) is 22.2 Å². The summed E-state index contributed by atoms with van der Waals surface area (Å²) >= 11 is 0. The van der Waals surface area contributed by atoms with Crippen LogP contribution in [-0.2, 0) is 17.7 Å². The lowest BCUT2D eigenvalue weighted by molar-refractivity contribution is -0.0384. The van der Waals surface area contributed by atoms with Crippen LogP contribution < -0.4 is 20.9 Å². The first-order chi connectivity index (χ1) is 23.9. The average Bonchev–Trinajstić information content (AvgIpc) is 3.93. The van der Waals surface area contributed by atoms with E-state index in [2.05, 4.69) is 41.3 Å². The fraction of sp³-hybridized carbons (Fsp3) is 0.419. The van der Waals surface area contributed by atoms with Crippen LogP contribution in [0.15, 0.2) is 61.2 Å². The molecule has 6 atom stereocenters. The van der Waals surface area contributed by atoms with Gasteiger partial charge in [0.2, 0.25) is 11.8 Å². The molecule has 2 fully saturated rings. The molecule has 0 bridgehead atoms. The molecule has 6 N–H and O–H groups in total. The van der Waals surface area contributed by atoms with Gasteiger partial charge in [-0.1, -0.05) is 30.3 Å². The van der Waals surface area contributed by atoms with E-state index in [1.807, 2.05) is 42.2 Å². The molecular formula is C31H37N13O5. The topological polar surface area (TPSA) is 226 Å². The largest absolute Gasteiger partial charge is 0.394 e. The van der Waals surface area contributed by atoms with Gasteiger partial charge in [0, 0.05) is 25.3 Å². The molecule has 0 spiro atoms. The summed E-state index contributed by atoms with van der Waals surface area (Å²) in [6, 6.07) is 12.3. The SMILES string of the molecule is CCn1nnc(C2OC(n3cnc4c(NC(CO)Cc5ccccc5)nc(N5CCC(NC(=O)Nc6cccnc6)C5)nc43)C(O)C2O)n1. The van der Waals surface area contributed by atoms with E-state index in [-0.39, 0.29) is 24.5 Å². The van der Waals surface area contributed by atoms with Gasteiger partial charge < -0.3 is 40.9 Å². The molecule has 4 aromatic heterocycles. The molecule has 6 heterocycles. The normalized spacial score (nSPS) is 22.8. The third-order valence-electron chi connectivity index (χ3n) is 8.54. The number of carbonyl (C=O) groups is 1. The van der Waals surface area contributed by atoms with Crippen LogP contribution in [0.5, 0.6) is 0 Å². The van der Waals surface area contributed by atoms with Crippen LogP contribution in [0.2, 0.25) is 0 Å². The predicted molar refractivity (Wildman–Crippen MR) is 175 cm³/mol. The van der Waals surface area contributed by atoms with Crippen LogP contribution in [0.1, 0.15) is 37.1 Å². The van der Waals surface area contributed by atoms with Crippen LogP contribution in [-0.4, -0.2) is 110 Å². The van der Waals surface area contributed by atoms with Crippen molar-refractivity contribution in [3.05, 3.63) is 72.6 Å². The van der Waals surface area contributed by atoms with Crippen LogP contribution in [0.25, 0.3) is 11.2 Å². The number of imidazole rings is 1. The summed E-state index contributed by atoms with van der Waals surface area (Å²) in [6.07, 6.45) is 0.985. The number of aromatic nitrogens is 9. The van der Waals surface area contributed by atoms with Gasteiger partial charge in [0.05, 0.1) is 37.4 Å². The van der Waals surface area contributed by atoms with Crippen molar-refractivity contribution in [3.8, 4) is 0 Å². The fourth-order valence-corrected chi connectivity index (χ4v) is 6.04. The Labute approximate surface area is 280 Å². The van der Waals surface area contributed by atoms with E-state index in [9.17, 15) is 20.1 Å². The second-order valence-corrected chi connectivity index (χ2v) is 11.9. The summed E-state index contributed by atoms with van der Waals surface area (Å²) in [5, 5.41) is 53.8. The molecule has 18 heteroatoms.